The van der Waals surface area contributed by atoms with Crippen LogP contribution in [0.1, 0.15) is 130 Å². The van der Waals surface area contributed by atoms with E-state index in [9.17, 15) is 18.7 Å². The second-order valence-corrected chi connectivity index (χ2v) is 10.1. The Morgan fingerprint density at radius 3 is 2.09 bits per heavy atom. The highest BCUT2D eigenvalue weighted by Crippen LogP contribution is 2.40. The number of benzene rings is 1. The van der Waals surface area contributed by atoms with Crippen LogP contribution in [-0.4, -0.2) is 40.9 Å². The molecule has 8 heteroatoms. The molecule has 6 nitrogen and oxygen atoms in total. The lowest BCUT2D eigenvalue weighted by atomic mass is 9.93. The van der Waals surface area contributed by atoms with Crippen molar-refractivity contribution in [1.82, 2.24) is 10.2 Å². The minimum absolute atomic E-state index is 0.337. The van der Waals surface area contributed by atoms with Crippen molar-refractivity contribution in [2.75, 3.05) is 11.9 Å². The molecule has 0 saturated heterocycles. The van der Waals surface area contributed by atoms with Gasteiger partial charge >= 0.3 is 0 Å². The lowest BCUT2D eigenvalue weighted by molar-refractivity contribution is -0.128. The van der Waals surface area contributed by atoms with E-state index in [1.807, 2.05) is 33.8 Å². The van der Waals surface area contributed by atoms with Crippen molar-refractivity contribution in [2.24, 2.45) is 5.92 Å². The smallest absolute Gasteiger partial charge is 0.293 e. The number of carbonyl (C=O) groups is 1. The van der Waals surface area contributed by atoms with E-state index < -0.39 is 6.43 Å². The van der Waals surface area contributed by atoms with Crippen LogP contribution < -0.4 is 5.32 Å². The summed E-state index contributed by atoms with van der Waals surface area (Å²) in [5.74, 6) is 1.95. The zero-order valence-electron chi connectivity index (χ0n) is 28.7. The SMILES string of the molecule is CC.CC.CC(F)F.CCCCCC(CC)Nc1cc(CCC)c(-c2c(O)cc(C)cc2CC2CC2)nn1.CCOC=O. The predicted molar refractivity (Wildman–Crippen MR) is 178 cm³/mol. The van der Waals surface area contributed by atoms with Crippen LogP contribution in [0.15, 0.2) is 18.2 Å². The Bertz CT molecular complexity index is 967. The molecule has 1 unspecified atom stereocenters. The largest absolute Gasteiger partial charge is 0.507 e. The third-order valence-electron chi connectivity index (χ3n) is 6.41. The fraction of sp³-hybridized carbons (Fsp3) is 0.686. The number of nitrogens with one attached hydrogen (secondary N) is 1. The van der Waals surface area contributed by atoms with Crippen LogP contribution in [0.4, 0.5) is 14.6 Å². The fourth-order valence-electron chi connectivity index (χ4n) is 4.38. The van der Waals surface area contributed by atoms with Gasteiger partial charge < -0.3 is 15.2 Å². The molecule has 0 spiro atoms. The van der Waals surface area contributed by atoms with Gasteiger partial charge in [0.15, 0.2) is 0 Å². The number of phenolic OH excluding ortho intramolecular Hbond substituents is 1. The number of unbranched alkanes of at least 4 members (excludes halogenated alkanes) is 2. The van der Waals surface area contributed by atoms with Gasteiger partial charge in [0.2, 0.25) is 6.43 Å². The molecule has 0 aliphatic heterocycles. The average molecular weight is 610 g/mol. The first-order valence-electron chi connectivity index (χ1n) is 16.5. The molecule has 1 heterocycles. The van der Waals surface area contributed by atoms with Gasteiger partial charge in [-0.3, -0.25) is 4.79 Å². The van der Waals surface area contributed by atoms with Gasteiger partial charge in [-0.1, -0.05) is 80.2 Å². The highest BCUT2D eigenvalue weighted by molar-refractivity contribution is 5.74. The van der Waals surface area contributed by atoms with Gasteiger partial charge in [0.25, 0.3) is 6.47 Å². The van der Waals surface area contributed by atoms with Crippen LogP contribution >= 0.6 is 0 Å². The molecule has 1 aliphatic carbocycles. The van der Waals surface area contributed by atoms with E-state index in [0.29, 0.717) is 24.9 Å². The van der Waals surface area contributed by atoms with Crippen molar-refractivity contribution in [3.05, 3.63) is 34.9 Å². The maximum atomic E-state index is 10.8. The lowest BCUT2D eigenvalue weighted by Crippen LogP contribution is -2.19. The summed E-state index contributed by atoms with van der Waals surface area (Å²) in [6.07, 6.45) is 9.43. The molecule has 1 aromatic carbocycles. The highest BCUT2D eigenvalue weighted by Gasteiger charge is 2.25. The molecule has 3 rings (SSSR count). The Kier molecular flexibility index (Phi) is 26.4. The third kappa shape index (κ3) is 19.2. The Morgan fingerprint density at radius 2 is 1.63 bits per heavy atom. The number of hydrogen-bond acceptors (Lipinski definition) is 6. The minimum atomic E-state index is -2.17. The number of aromatic hydroxyl groups is 1. The van der Waals surface area contributed by atoms with E-state index in [0.717, 1.165) is 61.2 Å². The summed E-state index contributed by atoms with van der Waals surface area (Å²) in [5.41, 5.74) is 5.25. The predicted octanol–water partition coefficient (Wildman–Crippen LogP) is 10.3. The first kappa shape index (κ1) is 42.4. The van der Waals surface area contributed by atoms with Gasteiger partial charge in [0, 0.05) is 11.6 Å². The van der Waals surface area contributed by atoms with Crippen molar-refractivity contribution in [1.29, 1.82) is 0 Å². The number of halogens is 2. The van der Waals surface area contributed by atoms with Crippen LogP contribution in [-0.2, 0) is 22.4 Å². The van der Waals surface area contributed by atoms with E-state index in [1.165, 1.54) is 49.7 Å². The maximum absolute atomic E-state index is 10.8. The van der Waals surface area contributed by atoms with E-state index in [2.05, 4.69) is 60.1 Å². The summed E-state index contributed by atoms with van der Waals surface area (Å²) in [5, 5.41) is 23.6. The summed E-state index contributed by atoms with van der Waals surface area (Å²) in [6.45, 7) is 20.2. The Morgan fingerprint density at radius 1 is 1.00 bits per heavy atom. The number of aromatic nitrogens is 2. The van der Waals surface area contributed by atoms with Crippen LogP contribution in [0.25, 0.3) is 11.3 Å². The topological polar surface area (TPSA) is 84.3 Å². The Labute approximate surface area is 261 Å². The quantitative estimate of drug-likeness (QED) is 0.164. The molecule has 1 atom stereocenters. The molecule has 1 aliphatic rings. The zero-order chi connectivity index (χ0) is 33.2. The number of carbonyl (C=O) groups excluding carboxylic acids is 1. The van der Waals surface area contributed by atoms with Crippen molar-refractivity contribution in [3.63, 3.8) is 0 Å². The lowest BCUT2D eigenvalue weighted by Gasteiger charge is -2.19. The van der Waals surface area contributed by atoms with E-state index in [-0.39, 0.29) is 0 Å². The van der Waals surface area contributed by atoms with Crippen LogP contribution in [0.2, 0.25) is 0 Å². The molecule has 0 radical (unpaired) electrons. The fourth-order valence-corrected chi connectivity index (χ4v) is 4.38. The van der Waals surface area contributed by atoms with E-state index >= 15 is 0 Å². The molecule has 1 aromatic heterocycles. The van der Waals surface area contributed by atoms with Gasteiger partial charge in [0.1, 0.15) is 17.3 Å². The number of aryl methyl sites for hydroxylation is 2. The van der Waals surface area contributed by atoms with Crippen molar-refractivity contribution in [3.8, 4) is 17.0 Å². The van der Waals surface area contributed by atoms with Crippen LogP contribution in [0, 0.1) is 12.8 Å². The van der Waals surface area contributed by atoms with Crippen LogP contribution in [0.3, 0.4) is 0 Å². The Hall–Kier alpha value is -2.77. The van der Waals surface area contributed by atoms with Crippen molar-refractivity contribution in [2.45, 2.75) is 146 Å². The first-order valence-corrected chi connectivity index (χ1v) is 16.5. The third-order valence-corrected chi connectivity index (χ3v) is 6.41. The summed E-state index contributed by atoms with van der Waals surface area (Å²) in [7, 11) is 0. The maximum Gasteiger partial charge on any atom is 0.293 e. The van der Waals surface area contributed by atoms with Gasteiger partial charge in [-0.05, 0) is 94.0 Å². The number of rotatable bonds is 14. The molecule has 0 amide bonds. The first-order chi connectivity index (χ1) is 20.7. The molecular weight excluding hydrogens is 548 g/mol. The van der Waals surface area contributed by atoms with Crippen LogP contribution in [0.5, 0.6) is 5.75 Å². The summed E-state index contributed by atoms with van der Waals surface area (Å²) < 4.78 is 24.8. The van der Waals surface area contributed by atoms with E-state index in [1.54, 1.807) is 6.92 Å². The molecule has 43 heavy (non-hydrogen) atoms. The number of ether oxygens (including phenoxy) is 1. The monoisotopic (exact) mass is 609 g/mol. The minimum Gasteiger partial charge on any atom is -0.507 e. The average Bonchev–Trinajstić information content (AvgIpc) is 3.80. The molecule has 0 bridgehead atoms. The zero-order valence-corrected chi connectivity index (χ0v) is 28.7. The van der Waals surface area contributed by atoms with Gasteiger partial charge in [0.05, 0.1) is 6.61 Å². The van der Waals surface area contributed by atoms with E-state index in [4.69, 9.17) is 0 Å². The number of alkyl halides is 2. The van der Waals surface area contributed by atoms with Gasteiger partial charge in [-0.25, -0.2) is 8.78 Å². The van der Waals surface area contributed by atoms with Crippen molar-refractivity contribution >= 4 is 12.3 Å². The molecule has 2 aromatic rings. The van der Waals surface area contributed by atoms with Crippen molar-refractivity contribution < 1.29 is 23.4 Å². The summed E-state index contributed by atoms with van der Waals surface area (Å²) in [6, 6.07) is 6.67. The number of hydrogen-bond donors (Lipinski definition) is 2. The molecule has 248 valence electrons. The molecule has 1 fully saturated rings. The molecular formula is C35H61F2N3O3. The summed E-state index contributed by atoms with van der Waals surface area (Å²) in [4.78, 5) is 9.18. The molecule has 1 saturated carbocycles. The standard InChI is InChI=1S/C26H39N3O.C3H6O2.C2H4F2.2C2H6/c1-5-8-9-11-22(7-3)27-24-17-20(10-6-2)26(29-28-24)25-21(16-19-12-13-19)14-18(4)15-23(25)30;1-2-5-3-4;1-2(3)4;2*1-2/h14-15,17,19,22,30H,5-13,16H2,1-4H3,(H,27,28);3H,2H2,1H3;2H,1H3;2*1-2H3. The molecule has 2 N–H and O–H groups in total. The van der Waals surface area contributed by atoms with Gasteiger partial charge in [-0.15, -0.1) is 10.2 Å². The summed E-state index contributed by atoms with van der Waals surface area (Å²) >= 11 is 0. The normalized spacial score (nSPS) is 12.1. The number of phenols is 1. The highest BCUT2D eigenvalue weighted by atomic mass is 19.3. The second-order valence-electron chi connectivity index (χ2n) is 10.1. The number of anilines is 1. The Balaban J connectivity index is 0. The number of nitrogens with zero attached hydrogens (tertiary/aromatic N) is 2. The van der Waals surface area contributed by atoms with Gasteiger partial charge in [-0.2, -0.15) is 0 Å². The second kappa shape index (κ2) is 26.8.